The summed E-state index contributed by atoms with van der Waals surface area (Å²) in [6, 6.07) is 11.3. The lowest BCUT2D eigenvalue weighted by atomic mass is 9.99. The highest BCUT2D eigenvalue weighted by Crippen LogP contribution is 2.20. The van der Waals surface area contributed by atoms with E-state index in [1.54, 1.807) is 36.7 Å². The molecule has 120 valence electrons. The molecule has 1 aliphatic rings. The second-order valence-electron chi connectivity index (χ2n) is 5.78. The maximum absolute atomic E-state index is 12.3. The molecule has 2 N–H and O–H groups in total. The Morgan fingerprint density at radius 1 is 1.26 bits per heavy atom. The van der Waals surface area contributed by atoms with Crippen LogP contribution >= 0.6 is 0 Å². The van der Waals surface area contributed by atoms with Crippen molar-refractivity contribution >= 4 is 5.91 Å². The van der Waals surface area contributed by atoms with Crippen LogP contribution in [0.1, 0.15) is 30.1 Å². The van der Waals surface area contributed by atoms with Gasteiger partial charge in [0.1, 0.15) is 11.5 Å². The summed E-state index contributed by atoms with van der Waals surface area (Å²) in [5.74, 6) is 1.31. The molecule has 1 aliphatic heterocycles. The average molecular weight is 311 g/mol. The molecule has 1 amide bonds. The van der Waals surface area contributed by atoms with E-state index in [2.05, 4.69) is 22.5 Å². The quantitative estimate of drug-likeness (QED) is 0.911. The molecule has 23 heavy (non-hydrogen) atoms. The summed E-state index contributed by atoms with van der Waals surface area (Å²) >= 11 is 0. The summed E-state index contributed by atoms with van der Waals surface area (Å²) in [7, 11) is 0. The largest absolute Gasteiger partial charge is 0.456 e. The minimum absolute atomic E-state index is 0.0431. The van der Waals surface area contributed by atoms with E-state index in [1.807, 2.05) is 12.1 Å². The number of ether oxygens (including phenoxy) is 1. The third kappa shape index (κ3) is 4.07. The van der Waals surface area contributed by atoms with Gasteiger partial charge < -0.3 is 15.4 Å². The van der Waals surface area contributed by atoms with Gasteiger partial charge in [-0.15, -0.1) is 0 Å². The SMILES string of the molecule is CC1NCCCC1NC(=O)c1ccc(Oc2cccnc2)cc1. The predicted molar refractivity (Wildman–Crippen MR) is 88.7 cm³/mol. The molecule has 3 rings (SSSR count). The maximum atomic E-state index is 12.3. The average Bonchev–Trinajstić information content (AvgIpc) is 2.58. The van der Waals surface area contributed by atoms with Crippen LogP contribution in [0.4, 0.5) is 0 Å². The Kier molecular flexibility index (Phi) is 4.88. The van der Waals surface area contributed by atoms with Crippen LogP contribution in [0, 0.1) is 0 Å². The van der Waals surface area contributed by atoms with Gasteiger partial charge in [0, 0.05) is 23.8 Å². The number of nitrogens with zero attached hydrogens (tertiary/aromatic N) is 1. The summed E-state index contributed by atoms with van der Waals surface area (Å²) in [4.78, 5) is 16.3. The third-order valence-corrected chi connectivity index (χ3v) is 4.06. The van der Waals surface area contributed by atoms with E-state index in [1.165, 1.54) is 0 Å². The molecule has 2 aromatic rings. The molecule has 5 nitrogen and oxygen atoms in total. The summed E-state index contributed by atoms with van der Waals surface area (Å²) < 4.78 is 5.68. The molecule has 0 aliphatic carbocycles. The number of pyridine rings is 1. The molecule has 2 unspecified atom stereocenters. The number of carbonyl (C=O) groups excluding carboxylic acids is 1. The highest BCUT2D eigenvalue weighted by Gasteiger charge is 2.22. The molecule has 5 heteroatoms. The Morgan fingerprint density at radius 2 is 2.09 bits per heavy atom. The number of hydrogen-bond donors (Lipinski definition) is 2. The lowest BCUT2D eigenvalue weighted by Crippen LogP contribution is -2.51. The first-order valence-electron chi connectivity index (χ1n) is 7.94. The molecule has 0 spiro atoms. The van der Waals surface area contributed by atoms with Crippen molar-refractivity contribution in [2.75, 3.05) is 6.54 Å². The van der Waals surface area contributed by atoms with E-state index in [0.29, 0.717) is 23.1 Å². The predicted octanol–water partition coefficient (Wildman–Crippen LogP) is 2.74. The van der Waals surface area contributed by atoms with E-state index >= 15 is 0 Å². The smallest absolute Gasteiger partial charge is 0.251 e. The number of benzene rings is 1. The fraction of sp³-hybridized carbons (Fsp3) is 0.333. The van der Waals surface area contributed by atoms with Crippen molar-refractivity contribution in [3.8, 4) is 11.5 Å². The van der Waals surface area contributed by atoms with Gasteiger partial charge in [-0.05, 0) is 62.7 Å². The van der Waals surface area contributed by atoms with Gasteiger partial charge in [-0.25, -0.2) is 0 Å². The zero-order valence-electron chi connectivity index (χ0n) is 13.2. The Balaban J connectivity index is 1.61. The van der Waals surface area contributed by atoms with Crippen LogP contribution in [0.15, 0.2) is 48.8 Å². The number of piperidine rings is 1. The van der Waals surface area contributed by atoms with Crippen molar-refractivity contribution in [1.29, 1.82) is 0 Å². The standard InChI is InChI=1S/C18H21N3O2/c1-13-17(5-3-11-20-13)21-18(22)14-6-8-15(9-7-14)23-16-4-2-10-19-12-16/h2,4,6-10,12-13,17,20H,3,5,11H2,1H3,(H,21,22). The molecule has 1 fully saturated rings. The van der Waals surface area contributed by atoms with Crippen molar-refractivity contribution < 1.29 is 9.53 Å². The molecular weight excluding hydrogens is 290 g/mol. The zero-order valence-corrected chi connectivity index (χ0v) is 13.2. The van der Waals surface area contributed by atoms with Gasteiger partial charge in [0.05, 0.1) is 6.20 Å². The number of amides is 1. The van der Waals surface area contributed by atoms with Crippen molar-refractivity contribution in [3.63, 3.8) is 0 Å². The minimum Gasteiger partial charge on any atom is -0.456 e. The second kappa shape index (κ2) is 7.24. The van der Waals surface area contributed by atoms with Gasteiger partial charge in [-0.2, -0.15) is 0 Å². The van der Waals surface area contributed by atoms with E-state index < -0.39 is 0 Å². The van der Waals surface area contributed by atoms with Crippen molar-refractivity contribution in [1.82, 2.24) is 15.6 Å². The van der Waals surface area contributed by atoms with Gasteiger partial charge in [0.2, 0.25) is 0 Å². The van der Waals surface area contributed by atoms with E-state index in [9.17, 15) is 4.79 Å². The molecule has 0 saturated carbocycles. The molecule has 0 radical (unpaired) electrons. The van der Waals surface area contributed by atoms with Crippen molar-refractivity contribution in [2.45, 2.75) is 31.8 Å². The van der Waals surface area contributed by atoms with Crippen molar-refractivity contribution in [2.24, 2.45) is 0 Å². The minimum atomic E-state index is -0.0431. The first-order chi connectivity index (χ1) is 11.2. The number of carbonyl (C=O) groups is 1. The van der Waals surface area contributed by atoms with Crippen LogP contribution in [0.25, 0.3) is 0 Å². The highest BCUT2D eigenvalue weighted by molar-refractivity contribution is 5.94. The van der Waals surface area contributed by atoms with E-state index in [0.717, 1.165) is 19.4 Å². The van der Waals surface area contributed by atoms with Crippen LogP contribution in [0.5, 0.6) is 11.5 Å². The number of aromatic nitrogens is 1. The Morgan fingerprint density at radius 3 is 2.78 bits per heavy atom. The molecule has 0 bridgehead atoms. The lowest BCUT2D eigenvalue weighted by molar-refractivity contribution is 0.0920. The Labute approximate surface area is 136 Å². The van der Waals surface area contributed by atoms with E-state index in [4.69, 9.17) is 4.74 Å². The molecule has 1 aromatic heterocycles. The number of nitrogens with one attached hydrogen (secondary N) is 2. The molecule has 2 atom stereocenters. The van der Waals surface area contributed by atoms with Gasteiger partial charge in [-0.3, -0.25) is 9.78 Å². The summed E-state index contributed by atoms with van der Waals surface area (Å²) in [5.41, 5.74) is 0.640. The maximum Gasteiger partial charge on any atom is 0.251 e. The van der Waals surface area contributed by atoms with Crippen LogP contribution in [0.3, 0.4) is 0 Å². The number of rotatable bonds is 4. The van der Waals surface area contributed by atoms with Crippen LogP contribution in [-0.4, -0.2) is 29.5 Å². The fourth-order valence-corrected chi connectivity index (χ4v) is 2.71. The van der Waals surface area contributed by atoms with E-state index in [-0.39, 0.29) is 11.9 Å². The van der Waals surface area contributed by atoms with Gasteiger partial charge >= 0.3 is 0 Å². The Hall–Kier alpha value is -2.40. The summed E-state index contributed by atoms with van der Waals surface area (Å²) in [6.07, 6.45) is 5.45. The lowest BCUT2D eigenvalue weighted by Gasteiger charge is -2.30. The van der Waals surface area contributed by atoms with Gasteiger partial charge in [0.15, 0.2) is 0 Å². The monoisotopic (exact) mass is 311 g/mol. The first kappa shape index (κ1) is 15.5. The van der Waals surface area contributed by atoms with Crippen LogP contribution in [-0.2, 0) is 0 Å². The van der Waals surface area contributed by atoms with Gasteiger partial charge in [0.25, 0.3) is 5.91 Å². The molecule has 1 saturated heterocycles. The first-order valence-corrected chi connectivity index (χ1v) is 7.94. The zero-order chi connectivity index (χ0) is 16.1. The topological polar surface area (TPSA) is 63.2 Å². The summed E-state index contributed by atoms with van der Waals surface area (Å²) in [5, 5.41) is 6.49. The molecular formula is C18H21N3O2. The normalized spacial score (nSPS) is 20.7. The highest BCUT2D eigenvalue weighted by atomic mass is 16.5. The van der Waals surface area contributed by atoms with Crippen LogP contribution in [0.2, 0.25) is 0 Å². The van der Waals surface area contributed by atoms with Crippen LogP contribution < -0.4 is 15.4 Å². The fourth-order valence-electron chi connectivity index (χ4n) is 2.71. The molecule has 1 aromatic carbocycles. The number of hydrogen-bond acceptors (Lipinski definition) is 4. The summed E-state index contributed by atoms with van der Waals surface area (Å²) in [6.45, 7) is 3.13. The Bertz CT molecular complexity index is 643. The van der Waals surface area contributed by atoms with Crippen molar-refractivity contribution in [3.05, 3.63) is 54.4 Å². The third-order valence-electron chi connectivity index (χ3n) is 4.06. The van der Waals surface area contributed by atoms with Gasteiger partial charge in [-0.1, -0.05) is 0 Å². The second-order valence-corrected chi connectivity index (χ2v) is 5.78. The molecule has 2 heterocycles.